The summed E-state index contributed by atoms with van der Waals surface area (Å²) in [6.45, 7) is -0.192. The Bertz CT molecular complexity index is 1340. The minimum atomic E-state index is -4.10. The van der Waals surface area contributed by atoms with Crippen LogP contribution >= 0.6 is 11.6 Å². The summed E-state index contributed by atoms with van der Waals surface area (Å²) in [5, 5.41) is 3.88. The molecule has 1 aliphatic heterocycles. The van der Waals surface area contributed by atoms with E-state index < -0.39 is 15.8 Å². The number of hydrogen-bond acceptors (Lipinski definition) is 7. The molecule has 2 heterocycles. The number of sulfonamides is 1. The minimum Gasteiger partial charge on any atom is -0.482 e. The predicted octanol–water partition coefficient (Wildman–Crippen LogP) is 3.86. The molecule has 2 aliphatic rings. The highest BCUT2D eigenvalue weighted by molar-refractivity contribution is 7.92. The molecule has 172 valence electrons. The lowest BCUT2D eigenvalue weighted by atomic mass is 9.85. The number of aromatic nitrogens is 2. The fourth-order valence-electron chi connectivity index (χ4n) is 3.59. The van der Waals surface area contributed by atoms with Gasteiger partial charge in [0.2, 0.25) is 5.89 Å². The van der Waals surface area contributed by atoms with Gasteiger partial charge in [0.1, 0.15) is 11.6 Å². The molecule has 1 aromatic heterocycles. The number of hydrogen-bond donors (Lipinski definition) is 1. The van der Waals surface area contributed by atoms with Gasteiger partial charge in [0, 0.05) is 5.92 Å². The van der Waals surface area contributed by atoms with E-state index in [1.807, 2.05) is 0 Å². The van der Waals surface area contributed by atoms with Crippen molar-refractivity contribution in [2.45, 2.75) is 36.6 Å². The molecule has 12 heteroatoms. The third-order valence-electron chi connectivity index (χ3n) is 5.60. The van der Waals surface area contributed by atoms with Gasteiger partial charge in [-0.25, -0.2) is 12.8 Å². The van der Waals surface area contributed by atoms with Crippen molar-refractivity contribution in [3.63, 3.8) is 0 Å². The van der Waals surface area contributed by atoms with Crippen LogP contribution < -0.4 is 14.4 Å². The fraction of sp³-hybridized carbons (Fsp3) is 0.286. The molecular formula is C21H18ClFN4O5S. The molecule has 2 aromatic carbocycles. The highest BCUT2D eigenvalue weighted by Gasteiger charge is 2.31. The second kappa shape index (κ2) is 8.31. The first-order chi connectivity index (χ1) is 15.8. The van der Waals surface area contributed by atoms with Crippen LogP contribution in [0.1, 0.15) is 36.9 Å². The first-order valence-corrected chi connectivity index (χ1v) is 12.0. The number of amides is 1. The van der Waals surface area contributed by atoms with Crippen molar-refractivity contribution in [2.75, 3.05) is 16.2 Å². The van der Waals surface area contributed by atoms with Crippen LogP contribution in [0.5, 0.6) is 5.75 Å². The Hall–Kier alpha value is -3.18. The van der Waals surface area contributed by atoms with E-state index in [0.717, 1.165) is 31.4 Å². The quantitative estimate of drug-likeness (QED) is 0.555. The minimum absolute atomic E-state index is 0.00608. The van der Waals surface area contributed by atoms with E-state index >= 15 is 0 Å². The smallest absolute Gasteiger partial charge is 0.265 e. The van der Waals surface area contributed by atoms with Gasteiger partial charge in [-0.2, -0.15) is 4.98 Å². The van der Waals surface area contributed by atoms with Crippen LogP contribution in [-0.2, 0) is 21.4 Å². The highest BCUT2D eigenvalue weighted by atomic mass is 35.5. The Balaban J connectivity index is 1.43. The summed E-state index contributed by atoms with van der Waals surface area (Å²) in [4.78, 5) is 18.2. The maximum absolute atomic E-state index is 13.3. The monoisotopic (exact) mass is 492 g/mol. The summed E-state index contributed by atoms with van der Waals surface area (Å²) in [6.07, 6.45) is 3.10. The van der Waals surface area contributed by atoms with Gasteiger partial charge in [0.15, 0.2) is 12.4 Å². The maximum Gasteiger partial charge on any atom is 0.265 e. The Labute approximate surface area is 193 Å². The van der Waals surface area contributed by atoms with Gasteiger partial charge >= 0.3 is 0 Å². The number of ether oxygens (including phenoxy) is 1. The molecule has 33 heavy (non-hydrogen) atoms. The van der Waals surface area contributed by atoms with Crippen LogP contribution in [-0.4, -0.2) is 31.1 Å². The molecule has 0 atom stereocenters. The molecule has 9 nitrogen and oxygen atoms in total. The first-order valence-electron chi connectivity index (χ1n) is 10.2. The van der Waals surface area contributed by atoms with Crippen LogP contribution in [0.15, 0.2) is 45.8 Å². The van der Waals surface area contributed by atoms with Crippen molar-refractivity contribution < 1.29 is 26.9 Å². The van der Waals surface area contributed by atoms with Gasteiger partial charge in [0.05, 0.1) is 27.8 Å². The van der Waals surface area contributed by atoms with E-state index in [1.54, 1.807) is 0 Å². The SMILES string of the molecule is O=C1COc2ccc(S(=O)(=O)Nc3ccc(F)cc3Cl)cc2N1Cc1noc(C2CCC2)n1. The topological polar surface area (TPSA) is 115 Å². The number of benzene rings is 2. The van der Waals surface area contributed by atoms with Crippen molar-refractivity contribution in [1.29, 1.82) is 0 Å². The summed E-state index contributed by atoms with van der Waals surface area (Å²) in [7, 11) is -4.10. The van der Waals surface area contributed by atoms with Gasteiger partial charge in [-0.3, -0.25) is 14.4 Å². The zero-order valence-electron chi connectivity index (χ0n) is 17.1. The fourth-order valence-corrected chi connectivity index (χ4v) is 4.96. The Morgan fingerprint density at radius 2 is 2.03 bits per heavy atom. The van der Waals surface area contributed by atoms with Crippen LogP contribution in [0.2, 0.25) is 5.02 Å². The van der Waals surface area contributed by atoms with Gasteiger partial charge in [0.25, 0.3) is 15.9 Å². The Morgan fingerprint density at radius 3 is 2.76 bits per heavy atom. The van der Waals surface area contributed by atoms with Crippen molar-refractivity contribution >= 4 is 38.9 Å². The molecule has 3 aromatic rings. The summed E-state index contributed by atoms with van der Waals surface area (Å²) in [5.74, 6) is 0.499. The van der Waals surface area contributed by atoms with Crippen LogP contribution in [0.25, 0.3) is 0 Å². The molecule has 1 fully saturated rings. The average Bonchev–Trinajstić information content (AvgIpc) is 3.18. The number of nitrogens with one attached hydrogen (secondary N) is 1. The Morgan fingerprint density at radius 1 is 1.21 bits per heavy atom. The summed E-state index contributed by atoms with van der Waals surface area (Å²) in [6, 6.07) is 7.44. The van der Waals surface area contributed by atoms with Crippen molar-refractivity contribution in [3.05, 3.63) is 59.0 Å². The number of carbonyl (C=O) groups is 1. The first kappa shape index (κ1) is 21.7. The van der Waals surface area contributed by atoms with E-state index in [1.165, 1.54) is 29.2 Å². The summed E-state index contributed by atoms with van der Waals surface area (Å²) in [5.41, 5.74) is 0.282. The van der Waals surface area contributed by atoms with Gasteiger partial charge in [-0.05, 0) is 49.2 Å². The normalized spacial score (nSPS) is 16.2. The van der Waals surface area contributed by atoms with Gasteiger partial charge in [-0.15, -0.1) is 0 Å². The Kier molecular flexibility index (Phi) is 5.45. The molecule has 5 rings (SSSR count). The lowest BCUT2D eigenvalue weighted by Gasteiger charge is -2.28. The van der Waals surface area contributed by atoms with Gasteiger partial charge in [-0.1, -0.05) is 23.2 Å². The molecule has 0 bridgehead atoms. The molecular weight excluding hydrogens is 475 g/mol. The zero-order valence-corrected chi connectivity index (χ0v) is 18.7. The van der Waals surface area contributed by atoms with E-state index in [4.69, 9.17) is 20.9 Å². The molecule has 1 saturated carbocycles. The molecule has 0 saturated heterocycles. The maximum atomic E-state index is 13.3. The number of nitrogens with zero attached hydrogens (tertiary/aromatic N) is 3. The second-order valence-corrected chi connectivity index (χ2v) is 9.89. The number of halogens is 2. The van der Waals surface area contributed by atoms with Crippen molar-refractivity contribution in [1.82, 2.24) is 10.1 Å². The largest absolute Gasteiger partial charge is 0.482 e. The molecule has 1 amide bonds. The number of carbonyl (C=O) groups excluding carboxylic acids is 1. The molecule has 0 spiro atoms. The lowest BCUT2D eigenvalue weighted by molar-refractivity contribution is -0.121. The predicted molar refractivity (Wildman–Crippen MR) is 116 cm³/mol. The van der Waals surface area contributed by atoms with Crippen molar-refractivity contribution in [3.8, 4) is 5.75 Å². The van der Waals surface area contributed by atoms with E-state index in [9.17, 15) is 17.6 Å². The molecule has 0 radical (unpaired) electrons. The standard InChI is InChI=1S/C21H18ClFN4O5S/c22-15-8-13(23)4-6-16(15)26-33(29,30)14-5-7-18-17(9-14)27(20(28)11-31-18)10-19-24-21(32-25-19)12-2-1-3-12/h4-9,12,26H,1-3,10-11H2. The molecule has 1 N–H and O–H groups in total. The second-order valence-electron chi connectivity index (χ2n) is 7.80. The number of rotatable bonds is 6. The third-order valence-corrected chi connectivity index (χ3v) is 7.27. The van der Waals surface area contributed by atoms with E-state index in [0.29, 0.717) is 17.5 Å². The summed E-state index contributed by atoms with van der Waals surface area (Å²) < 4.78 is 52.3. The average molecular weight is 493 g/mol. The van der Waals surface area contributed by atoms with E-state index in [2.05, 4.69) is 14.9 Å². The van der Waals surface area contributed by atoms with Crippen LogP contribution in [0, 0.1) is 5.82 Å². The number of fused-ring (bicyclic) bond motifs is 1. The zero-order chi connectivity index (χ0) is 23.2. The van der Waals surface area contributed by atoms with E-state index in [-0.39, 0.29) is 46.3 Å². The van der Waals surface area contributed by atoms with Gasteiger partial charge < -0.3 is 9.26 Å². The number of anilines is 2. The van der Waals surface area contributed by atoms with Crippen molar-refractivity contribution in [2.24, 2.45) is 0 Å². The lowest BCUT2D eigenvalue weighted by Crippen LogP contribution is -2.38. The van der Waals surface area contributed by atoms with Crippen LogP contribution in [0.4, 0.5) is 15.8 Å². The molecule has 1 aliphatic carbocycles. The summed E-state index contributed by atoms with van der Waals surface area (Å²) >= 11 is 5.95. The highest BCUT2D eigenvalue weighted by Crippen LogP contribution is 2.37. The third kappa shape index (κ3) is 4.25. The van der Waals surface area contributed by atoms with Crippen LogP contribution in [0.3, 0.4) is 0 Å². The molecule has 0 unspecified atom stereocenters.